The molecule has 0 radical (unpaired) electrons. The van der Waals surface area contributed by atoms with Crippen LogP contribution in [0.25, 0.3) is 11.4 Å². The van der Waals surface area contributed by atoms with E-state index in [1.807, 2.05) is 0 Å². The molecule has 0 aliphatic rings. The van der Waals surface area contributed by atoms with Crippen molar-refractivity contribution >= 4 is 5.97 Å². The summed E-state index contributed by atoms with van der Waals surface area (Å²) in [6, 6.07) is 1.73. The fraction of sp³-hybridized carbons (Fsp3) is 0.222. The molecule has 6 nitrogen and oxygen atoms in total. The second-order valence-electron chi connectivity index (χ2n) is 3.21. The summed E-state index contributed by atoms with van der Waals surface area (Å²) >= 11 is 0. The van der Waals surface area contributed by atoms with Crippen molar-refractivity contribution in [1.82, 2.24) is 19.6 Å². The van der Waals surface area contributed by atoms with Crippen molar-refractivity contribution in [1.29, 1.82) is 0 Å². The standard InChI is InChI=1S/C9H10N4O2/c1-12-5-6(9(14)15)8(11-12)7-3-4-10-13(7)2/h3-5H,1-2H3,(H,14,15). The van der Waals surface area contributed by atoms with Gasteiger partial charge in [-0.15, -0.1) is 0 Å². The Bertz CT molecular complexity index is 512. The van der Waals surface area contributed by atoms with Crippen molar-refractivity contribution in [2.75, 3.05) is 0 Å². The minimum atomic E-state index is -0.987. The first-order valence-electron chi connectivity index (χ1n) is 4.35. The predicted molar refractivity (Wildman–Crippen MR) is 52.4 cm³/mol. The number of hydrogen-bond acceptors (Lipinski definition) is 3. The van der Waals surface area contributed by atoms with Crippen molar-refractivity contribution in [3.8, 4) is 11.4 Å². The molecule has 0 bridgehead atoms. The zero-order valence-corrected chi connectivity index (χ0v) is 8.38. The molecule has 0 spiro atoms. The highest BCUT2D eigenvalue weighted by Crippen LogP contribution is 2.20. The predicted octanol–water partition coefficient (Wildman–Crippen LogP) is 0.519. The normalized spacial score (nSPS) is 10.5. The Morgan fingerprint density at radius 2 is 2.20 bits per heavy atom. The SMILES string of the molecule is Cn1cc(C(=O)O)c(-c2ccnn2C)n1. The number of carboxylic acids is 1. The lowest BCUT2D eigenvalue weighted by atomic mass is 10.2. The van der Waals surface area contributed by atoms with Crippen LogP contribution < -0.4 is 0 Å². The van der Waals surface area contributed by atoms with Crippen LogP contribution in [-0.4, -0.2) is 30.6 Å². The number of nitrogens with zero attached hydrogens (tertiary/aromatic N) is 4. The van der Waals surface area contributed by atoms with Gasteiger partial charge in [0.2, 0.25) is 0 Å². The molecule has 0 saturated carbocycles. The second-order valence-corrected chi connectivity index (χ2v) is 3.21. The molecule has 0 aliphatic heterocycles. The van der Waals surface area contributed by atoms with Gasteiger partial charge in [0.1, 0.15) is 11.3 Å². The smallest absolute Gasteiger partial charge is 0.339 e. The summed E-state index contributed by atoms with van der Waals surface area (Å²) in [5, 5.41) is 17.1. The maximum Gasteiger partial charge on any atom is 0.339 e. The molecule has 0 atom stereocenters. The monoisotopic (exact) mass is 206 g/mol. The van der Waals surface area contributed by atoms with Crippen LogP contribution >= 0.6 is 0 Å². The number of aromatic nitrogens is 4. The summed E-state index contributed by atoms with van der Waals surface area (Å²) in [4.78, 5) is 11.0. The molecule has 0 saturated heterocycles. The molecular formula is C9H10N4O2. The summed E-state index contributed by atoms with van der Waals surface area (Å²) < 4.78 is 3.07. The number of hydrogen-bond donors (Lipinski definition) is 1. The fourth-order valence-corrected chi connectivity index (χ4v) is 1.44. The topological polar surface area (TPSA) is 72.9 Å². The van der Waals surface area contributed by atoms with E-state index >= 15 is 0 Å². The minimum absolute atomic E-state index is 0.182. The van der Waals surface area contributed by atoms with E-state index in [4.69, 9.17) is 5.11 Å². The minimum Gasteiger partial charge on any atom is -0.478 e. The molecule has 6 heteroatoms. The highest BCUT2D eigenvalue weighted by atomic mass is 16.4. The lowest BCUT2D eigenvalue weighted by Gasteiger charge is -1.98. The van der Waals surface area contributed by atoms with Crippen LogP contribution in [0.2, 0.25) is 0 Å². The van der Waals surface area contributed by atoms with E-state index in [-0.39, 0.29) is 5.56 Å². The van der Waals surface area contributed by atoms with Crippen LogP contribution in [0.4, 0.5) is 0 Å². The quantitative estimate of drug-likeness (QED) is 0.777. The molecule has 0 fully saturated rings. The van der Waals surface area contributed by atoms with Gasteiger partial charge in [0, 0.05) is 26.5 Å². The van der Waals surface area contributed by atoms with Gasteiger partial charge < -0.3 is 5.11 Å². The van der Waals surface area contributed by atoms with Crippen LogP contribution in [-0.2, 0) is 14.1 Å². The molecule has 0 aromatic carbocycles. The summed E-state index contributed by atoms with van der Waals surface area (Å²) in [5.74, 6) is -0.987. The Hall–Kier alpha value is -2.11. The highest BCUT2D eigenvalue weighted by Gasteiger charge is 2.17. The molecule has 0 amide bonds. The first-order chi connectivity index (χ1) is 7.09. The van der Waals surface area contributed by atoms with E-state index < -0.39 is 5.97 Å². The van der Waals surface area contributed by atoms with Gasteiger partial charge in [-0.3, -0.25) is 9.36 Å². The second kappa shape index (κ2) is 3.23. The average Bonchev–Trinajstić information content (AvgIpc) is 2.71. The Morgan fingerprint density at radius 3 is 2.73 bits per heavy atom. The number of carboxylic acid groups (broad SMARTS) is 1. The Balaban J connectivity index is 2.62. The van der Waals surface area contributed by atoms with E-state index in [9.17, 15) is 4.79 Å². The van der Waals surface area contributed by atoms with Crippen LogP contribution in [0.1, 0.15) is 10.4 Å². The van der Waals surface area contributed by atoms with Gasteiger partial charge in [-0.2, -0.15) is 10.2 Å². The van der Waals surface area contributed by atoms with Crippen molar-refractivity contribution in [3.63, 3.8) is 0 Å². The van der Waals surface area contributed by atoms with Crippen molar-refractivity contribution in [2.45, 2.75) is 0 Å². The molecule has 2 aromatic heterocycles. The molecule has 2 heterocycles. The first kappa shape index (κ1) is 9.45. The third-order valence-electron chi connectivity index (χ3n) is 2.12. The number of aryl methyl sites for hydroxylation is 2. The first-order valence-corrected chi connectivity index (χ1v) is 4.35. The molecule has 78 valence electrons. The van der Waals surface area contributed by atoms with Gasteiger partial charge in [0.05, 0.1) is 5.69 Å². The molecule has 1 N–H and O–H groups in total. The average molecular weight is 206 g/mol. The summed E-state index contributed by atoms with van der Waals surface area (Å²) in [5.41, 5.74) is 1.30. The number of carbonyl (C=O) groups is 1. The lowest BCUT2D eigenvalue weighted by molar-refractivity contribution is 0.0697. The molecule has 2 aromatic rings. The van der Waals surface area contributed by atoms with E-state index in [0.717, 1.165) is 0 Å². The Morgan fingerprint density at radius 1 is 1.47 bits per heavy atom. The van der Waals surface area contributed by atoms with Crippen LogP contribution in [0, 0.1) is 0 Å². The van der Waals surface area contributed by atoms with Crippen molar-refractivity contribution in [2.24, 2.45) is 14.1 Å². The Kier molecular flexibility index (Phi) is 2.03. The van der Waals surface area contributed by atoms with Crippen molar-refractivity contribution < 1.29 is 9.90 Å². The molecule has 0 aliphatic carbocycles. The van der Waals surface area contributed by atoms with Gasteiger partial charge in [-0.1, -0.05) is 0 Å². The summed E-state index contributed by atoms with van der Waals surface area (Å²) in [7, 11) is 3.43. The third-order valence-corrected chi connectivity index (χ3v) is 2.12. The highest BCUT2D eigenvalue weighted by molar-refractivity contribution is 5.94. The van der Waals surface area contributed by atoms with Gasteiger partial charge in [-0.05, 0) is 6.07 Å². The van der Waals surface area contributed by atoms with E-state index in [2.05, 4.69) is 10.2 Å². The zero-order chi connectivity index (χ0) is 11.0. The van der Waals surface area contributed by atoms with E-state index in [1.165, 1.54) is 10.9 Å². The fourth-order valence-electron chi connectivity index (χ4n) is 1.44. The van der Waals surface area contributed by atoms with Crippen LogP contribution in [0.15, 0.2) is 18.5 Å². The van der Waals surface area contributed by atoms with Crippen molar-refractivity contribution in [3.05, 3.63) is 24.0 Å². The van der Waals surface area contributed by atoms with E-state index in [1.54, 1.807) is 31.0 Å². The van der Waals surface area contributed by atoms with Gasteiger partial charge in [0.15, 0.2) is 0 Å². The maximum atomic E-state index is 11.0. The third kappa shape index (κ3) is 1.50. The van der Waals surface area contributed by atoms with E-state index in [0.29, 0.717) is 11.4 Å². The molecular weight excluding hydrogens is 196 g/mol. The maximum absolute atomic E-state index is 11.0. The summed E-state index contributed by atoms with van der Waals surface area (Å²) in [6.45, 7) is 0. The van der Waals surface area contributed by atoms with Gasteiger partial charge >= 0.3 is 5.97 Å². The Labute approximate surface area is 85.8 Å². The molecule has 2 rings (SSSR count). The molecule has 0 unspecified atom stereocenters. The van der Waals surface area contributed by atoms with Gasteiger partial charge in [0.25, 0.3) is 0 Å². The van der Waals surface area contributed by atoms with Crippen LogP contribution in [0.5, 0.6) is 0 Å². The van der Waals surface area contributed by atoms with Gasteiger partial charge in [-0.25, -0.2) is 4.79 Å². The number of aromatic carboxylic acids is 1. The van der Waals surface area contributed by atoms with Crippen LogP contribution in [0.3, 0.4) is 0 Å². The largest absolute Gasteiger partial charge is 0.478 e. The zero-order valence-electron chi connectivity index (χ0n) is 8.38. The lowest BCUT2D eigenvalue weighted by Crippen LogP contribution is -2.00. The summed E-state index contributed by atoms with van der Waals surface area (Å²) in [6.07, 6.45) is 3.08. The molecule has 15 heavy (non-hydrogen) atoms. The number of rotatable bonds is 2.